The summed E-state index contributed by atoms with van der Waals surface area (Å²) in [6, 6.07) is 7.48. The van der Waals surface area contributed by atoms with Gasteiger partial charge in [-0.15, -0.1) is 0 Å². The molecule has 0 aliphatic rings. The summed E-state index contributed by atoms with van der Waals surface area (Å²) in [6.07, 6.45) is -0.751. The first-order chi connectivity index (χ1) is 9.02. The first-order valence-electron chi connectivity index (χ1n) is 6.27. The van der Waals surface area contributed by atoms with E-state index in [0.29, 0.717) is 0 Å². The fraction of sp³-hybridized carbons (Fsp3) is 0.500. The monoisotopic (exact) mass is 267 g/mol. The van der Waals surface area contributed by atoms with Gasteiger partial charge in [0.15, 0.2) is 0 Å². The average Bonchev–Trinajstić information content (AvgIpc) is 2.37. The number of nitrogens with one attached hydrogen (secondary N) is 1. The SMILES string of the molecule is COC(=O)CC(O)CNc1ccccc1OC(C)C. The highest BCUT2D eigenvalue weighted by Gasteiger charge is 2.12. The van der Waals surface area contributed by atoms with Crippen LogP contribution in [0.25, 0.3) is 0 Å². The molecule has 0 aromatic heterocycles. The molecule has 1 rings (SSSR count). The fourth-order valence-electron chi connectivity index (χ4n) is 1.55. The van der Waals surface area contributed by atoms with Gasteiger partial charge in [-0.2, -0.15) is 0 Å². The van der Waals surface area contributed by atoms with Crippen LogP contribution in [-0.4, -0.2) is 36.9 Å². The van der Waals surface area contributed by atoms with Crippen molar-refractivity contribution in [3.8, 4) is 5.75 Å². The Morgan fingerprint density at radius 1 is 1.37 bits per heavy atom. The van der Waals surface area contributed by atoms with Crippen molar-refractivity contribution >= 4 is 11.7 Å². The van der Waals surface area contributed by atoms with E-state index in [1.165, 1.54) is 7.11 Å². The molecule has 0 bridgehead atoms. The first-order valence-corrected chi connectivity index (χ1v) is 6.27. The molecule has 1 aromatic rings. The molecule has 0 aliphatic heterocycles. The lowest BCUT2D eigenvalue weighted by Gasteiger charge is -2.17. The Kier molecular flexibility index (Phi) is 6.15. The van der Waals surface area contributed by atoms with Gasteiger partial charge < -0.3 is 19.9 Å². The van der Waals surface area contributed by atoms with Crippen molar-refractivity contribution in [2.75, 3.05) is 19.0 Å². The van der Waals surface area contributed by atoms with Crippen LogP contribution in [0.15, 0.2) is 24.3 Å². The highest BCUT2D eigenvalue weighted by atomic mass is 16.5. The molecule has 0 saturated heterocycles. The molecule has 0 saturated carbocycles. The van der Waals surface area contributed by atoms with E-state index in [1.54, 1.807) is 0 Å². The van der Waals surface area contributed by atoms with Gasteiger partial charge >= 0.3 is 5.97 Å². The van der Waals surface area contributed by atoms with E-state index >= 15 is 0 Å². The van der Waals surface area contributed by atoms with Gasteiger partial charge in [0.05, 0.1) is 31.4 Å². The second-order valence-corrected chi connectivity index (χ2v) is 4.48. The third-order valence-corrected chi connectivity index (χ3v) is 2.41. The van der Waals surface area contributed by atoms with E-state index in [0.717, 1.165) is 11.4 Å². The van der Waals surface area contributed by atoms with E-state index in [4.69, 9.17) is 4.74 Å². The number of carbonyl (C=O) groups is 1. The molecule has 1 aromatic carbocycles. The van der Waals surface area contributed by atoms with Crippen LogP contribution in [0.4, 0.5) is 5.69 Å². The molecule has 106 valence electrons. The quantitative estimate of drug-likeness (QED) is 0.737. The van der Waals surface area contributed by atoms with Crippen LogP contribution in [0.5, 0.6) is 5.75 Å². The third-order valence-electron chi connectivity index (χ3n) is 2.41. The summed E-state index contributed by atoms with van der Waals surface area (Å²) in [5.41, 5.74) is 0.792. The van der Waals surface area contributed by atoms with Gasteiger partial charge in [-0.25, -0.2) is 0 Å². The lowest BCUT2D eigenvalue weighted by Crippen LogP contribution is -2.23. The van der Waals surface area contributed by atoms with Gasteiger partial charge in [0.25, 0.3) is 0 Å². The number of aliphatic hydroxyl groups excluding tert-OH is 1. The number of para-hydroxylation sites is 2. The predicted octanol–water partition coefficient (Wildman–Crippen LogP) is 1.81. The summed E-state index contributed by atoms with van der Waals surface area (Å²) in [7, 11) is 1.30. The topological polar surface area (TPSA) is 67.8 Å². The molecule has 1 atom stereocenters. The summed E-state index contributed by atoms with van der Waals surface area (Å²) in [5.74, 6) is 0.295. The van der Waals surface area contributed by atoms with Crippen LogP contribution in [-0.2, 0) is 9.53 Å². The number of anilines is 1. The molecule has 0 radical (unpaired) electrons. The Morgan fingerprint density at radius 3 is 2.68 bits per heavy atom. The second-order valence-electron chi connectivity index (χ2n) is 4.48. The summed E-state index contributed by atoms with van der Waals surface area (Å²) in [5, 5.41) is 12.7. The molecule has 5 nitrogen and oxygen atoms in total. The molecule has 0 fully saturated rings. The zero-order valence-corrected chi connectivity index (χ0v) is 11.6. The zero-order valence-electron chi connectivity index (χ0n) is 11.6. The third kappa shape index (κ3) is 5.61. The van der Waals surface area contributed by atoms with Crippen molar-refractivity contribution in [3.05, 3.63) is 24.3 Å². The summed E-state index contributed by atoms with van der Waals surface area (Å²) >= 11 is 0. The molecule has 5 heteroatoms. The molecule has 1 unspecified atom stereocenters. The largest absolute Gasteiger partial charge is 0.489 e. The molecule has 19 heavy (non-hydrogen) atoms. The maximum absolute atomic E-state index is 11.0. The Hall–Kier alpha value is -1.75. The molecule has 0 heterocycles. The van der Waals surface area contributed by atoms with Crippen LogP contribution in [0, 0.1) is 0 Å². The number of methoxy groups -OCH3 is 1. The van der Waals surface area contributed by atoms with Crippen molar-refractivity contribution in [1.29, 1.82) is 0 Å². The van der Waals surface area contributed by atoms with Crippen molar-refractivity contribution in [1.82, 2.24) is 0 Å². The number of ether oxygens (including phenoxy) is 2. The van der Waals surface area contributed by atoms with Crippen LogP contribution >= 0.6 is 0 Å². The van der Waals surface area contributed by atoms with Crippen molar-refractivity contribution in [3.63, 3.8) is 0 Å². The Balaban J connectivity index is 2.54. The molecular formula is C14H21NO4. The van der Waals surface area contributed by atoms with E-state index in [2.05, 4.69) is 10.1 Å². The molecule has 0 amide bonds. The average molecular weight is 267 g/mol. The van der Waals surface area contributed by atoms with E-state index in [9.17, 15) is 9.90 Å². The van der Waals surface area contributed by atoms with Gasteiger partial charge in [0.1, 0.15) is 5.75 Å². The summed E-state index contributed by atoms with van der Waals surface area (Å²) < 4.78 is 10.1. The maximum atomic E-state index is 11.0. The molecule has 0 aliphatic carbocycles. The van der Waals surface area contributed by atoms with Gasteiger partial charge in [-0.3, -0.25) is 4.79 Å². The normalized spacial score (nSPS) is 12.1. The van der Waals surface area contributed by atoms with E-state index in [-0.39, 0.29) is 19.1 Å². The minimum absolute atomic E-state index is 0.0310. The van der Waals surface area contributed by atoms with Crippen LogP contribution in [0.3, 0.4) is 0 Å². The van der Waals surface area contributed by atoms with Crippen molar-refractivity contribution in [2.45, 2.75) is 32.5 Å². The highest BCUT2D eigenvalue weighted by molar-refractivity contribution is 5.69. The Morgan fingerprint density at radius 2 is 2.05 bits per heavy atom. The van der Waals surface area contributed by atoms with Gasteiger partial charge in [0, 0.05) is 6.54 Å². The van der Waals surface area contributed by atoms with Crippen molar-refractivity contribution < 1.29 is 19.4 Å². The molecule has 2 N–H and O–H groups in total. The summed E-state index contributed by atoms with van der Waals surface area (Å²) in [4.78, 5) is 11.0. The standard InChI is InChI=1S/C14H21NO4/c1-10(2)19-13-7-5-4-6-12(13)15-9-11(16)8-14(17)18-3/h4-7,10-11,15-16H,8-9H2,1-3H3. The Bertz CT molecular complexity index is 406. The maximum Gasteiger partial charge on any atom is 0.308 e. The van der Waals surface area contributed by atoms with Gasteiger partial charge in [0.2, 0.25) is 0 Å². The Labute approximate surface area is 113 Å². The lowest BCUT2D eigenvalue weighted by molar-refractivity contribution is -0.142. The van der Waals surface area contributed by atoms with Gasteiger partial charge in [-0.05, 0) is 26.0 Å². The number of hydrogen-bond donors (Lipinski definition) is 2. The van der Waals surface area contributed by atoms with Gasteiger partial charge in [-0.1, -0.05) is 12.1 Å². The molecule has 0 spiro atoms. The molecular weight excluding hydrogens is 246 g/mol. The minimum Gasteiger partial charge on any atom is -0.489 e. The number of carbonyl (C=O) groups excluding carboxylic acids is 1. The van der Waals surface area contributed by atoms with E-state index in [1.807, 2.05) is 38.1 Å². The smallest absolute Gasteiger partial charge is 0.308 e. The first kappa shape index (κ1) is 15.3. The zero-order chi connectivity index (χ0) is 14.3. The van der Waals surface area contributed by atoms with Crippen molar-refractivity contribution in [2.24, 2.45) is 0 Å². The summed E-state index contributed by atoms with van der Waals surface area (Å²) in [6.45, 7) is 4.15. The number of rotatable bonds is 7. The number of esters is 1. The van der Waals surface area contributed by atoms with Crippen LogP contribution < -0.4 is 10.1 Å². The fourth-order valence-corrected chi connectivity index (χ4v) is 1.55. The second kappa shape index (κ2) is 7.63. The number of hydrogen-bond acceptors (Lipinski definition) is 5. The van der Waals surface area contributed by atoms with E-state index < -0.39 is 12.1 Å². The highest BCUT2D eigenvalue weighted by Crippen LogP contribution is 2.24. The van der Waals surface area contributed by atoms with Crippen LogP contribution in [0.2, 0.25) is 0 Å². The minimum atomic E-state index is -0.792. The number of benzene rings is 1. The predicted molar refractivity (Wildman–Crippen MR) is 73.3 cm³/mol. The number of aliphatic hydroxyl groups is 1. The van der Waals surface area contributed by atoms with Crippen LogP contribution in [0.1, 0.15) is 20.3 Å². The lowest BCUT2D eigenvalue weighted by atomic mass is 10.2.